The van der Waals surface area contributed by atoms with Crippen molar-refractivity contribution in [3.05, 3.63) is 70.7 Å². The number of benzene rings is 2. The molecule has 3 amide bonds. The molecule has 0 bridgehead atoms. The van der Waals surface area contributed by atoms with Crippen LogP contribution in [0.4, 0.5) is 9.18 Å². The smallest absolute Gasteiger partial charge is 0.338 e. The quantitative estimate of drug-likeness (QED) is 0.462. The first-order chi connectivity index (χ1) is 19.8. The number of ether oxygens (including phenoxy) is 3. The molecular weight excluding hydrogens is 531 g/mol. The zero-order valence-electron chi connectivity index (χ0n) is 23.9. The zero-order chi connectivity index (χ0) is 29.5. The van der Waals surface area contributed by atoms with E-state index >= 15 is 0 Å². The number of likely N-dealkylation sites (N-methyl/N-ethyl adjacent to an activating group) is 1. The molecule has 10 nitrogen and oxygen atoms in total. The molecule has 2 aromatic rings. The summed E-state index contributed by atoms with van der Waals surface area (Å²) in [6.07, 6.45) is 0.650. The maximum Gasteiger partial charge on any atom is 0.338 e. The molecule has 2 heterocycles. The van der Waals surface area contributed by atoms with Crippen molar-refractivity contribution in [1.82, 2.24) is 20.0 Å². The van der Waals surface area contributed by atoms with Gasteiger partial charge in [-0.2, -0.15) is 0 Å². The van der Waals surface area contributed by atoms with Gasteiger partial charge in [0, 0.05) is 51.0 Å². The van der Waals surface area contributed by atoms with Gasteiger partial charge in [0.2, 0.25) is 0 Å². The van der Waals surface area contributed by atoms with Crippen LogP contribution in [-0.4, -0.2) is 92.7 Å². The molecule has 0 aromatic heterocycles. The average Bonchev–Trinajstić information content (AvgIpc) is 3.22. The maximum absolute atomic E-state index is 14.3. The highest BCUT2D eigenvalue weighted by atomic mass is 19.1. The lowest BCUT2D eigenvalue weighted by atomic mass is 9.93. The first kappa shape index (κ1) is 29.9. The summed E-state index contributed by atoms with van der Waals surface area (Å²) in [6.45, 7) is 6.32. The van der Waals surface area contributed by atoms with E-state index in [2.05, 4.69) is 10.2 Å². The largest absolute Gasteiger partial charge is 0.497 e. The van der Waals surface area contributed by atoms with Crippen LogP contribution in [0, 0.1) is 5.82 Å². The molecule has 1 atom stereocenters. The summed E-state index contributed by atoms with van der Waals surface area (Å²) in [4.78, 5) is 45.2. The second kappa shape index (κ2) is 13.5. The molecule has 4 rings (SSSR count). The summed E-state index contributed by atoms with van der Waals surface area (Å²) in [5, 5.41) is 2.96. The third-order valence-electron chi connectivity index (χ3n) is 7.31. The summed E-state index contributed by atoms with van der Waals surface area (Å²) in [7, 11) is 3.06. The molecule has 220 valence electrons. The van der Waals surface area contributed by atoms with Crippen LogP contribution in [0.3, 0.4) is 0 Å². The molecule has 0 aliphatic carbocycles. The first-order valence-corrected chi connectivity index (χ1v) is 13.8. The van der Waals surface area contributed by atoms with Crippen molar-refractivity contribution in [3.8, 4) is 11.5 Å². The Morgan fingerprint density at radius 2 is 1.71 bits per heavy atom. The van der Waals surface area contributed by atoms with Gasteiger partial charge >= 0.3 is 12.0 Å². The molecular formula is C30H37FN4O6. The number of carbonyl (C=O) groups is 3. The third-order valence-corrected chi connectivity index (χ3v) is 7.31. The van der Waals surface area contributed by atoms with Crippen LogP contribution in [0.15, 0.2) is 53.7 Å². The van der Waals surface area contributed by atoms with E-state index in [1.165, 1.54) is 26.4 Å². The van der Waals surface area contributed by atoms with E-state index in [1.54, 1.807) is 47.1 Å². The lowest BCUT2D eigenvalue weighted by Crippen LogP contribution is -2.51. The molecule has 0 spiro atoms. The Labute approximate surface area is 239 Å². The normalized spacial score (nSPS) is 18.1. The monoisotopic (exact) mass is 568 g/mol. The van der Waals surface area contributed by atoms with Gasteiger partial charge in [-0.25, -0.2) is 14.0 Å². The summed E-state index contributed by atoms with van der Waals surface area (Å²) >= 11 is 0. The minimum absolute atomic E-state index is 0.0472. The SMILES string of the molecule is CCOC(=O)C1=C(CN2CCCN(C(=O)c3ccccc3F)CC2)N(CC)C(=O)NC1c1cc(OC)cc(OC)c1. The molecule has 1 unspecified atom stereocenters. The lowest BCUT2D eigenvalue weighted by Gasteiger charge is -2.38. The predicted molar refractivity (Wildman–Crippen MR) is 150 cm³/mol. The van der Waals surface area contributed by atoms with Gasteiger partial charge in [0.25, 0.3) is 5.91 Å². The Hall–Kier alpha value is -4.12. The van der Waals surface area contributed by atoms with Crippen molar-refractivity contribution in [1.29, 1.82) is 0 Å². The second-order valence-electron chi connectivity index (χ2n) is 9.76. The van der Waals surface area contributed by atoms with E-state index in [4.69, 9.17) is 14.2 Å². The van der Waals surface area contributed by atoms with Gasteiger partial charge in [0.1, 0.15) is 17.3 Å². The van der Waals surface area contributed by atoms with Crippen molar-refractivity contribution in [2.45, 2.75) is 26.3 Å². The van der Waals surface area contributed by atoms with Crippen molar-refractivity contribution in [2.75, 3.05) is 60.1 Å². The number of amides is 3. The fourth-order valence-corrected chi connectivity index (χ4v) is 5.25. The fraction of sp³-hybridized carbons (Fsp3) is 0.433. The highest BCUT2D eigenvalue weighted by molar-refractivity contribution is 5.95. The van der Waals surface area contributed by atoms with E-state index in [0.29, 0.717) is 67.5 Å². The number of urea groups is 1. The Bertz CT molecular complexity index is 1290. The van der Waals surface area contributed by atoms with Crippen molar-refractivity contribution in [2.24, 2.45) is 0 Å². The number of esters is 1. The number of nitrogens with zero attached hydrogens (tertiary/aromatic N) is 3. The first-order valence-electron chi connectivity index (χ1n) is 13.8. The maximum atomic E-state index is 14.3. The Morgan fingerprint density at radius 3 is 2.34 bits per heavy atom. The van der Waals surface area contributed by atoms with Gasteiger partial charge in [-0.05, 0) is 50.1 Å². The van der Waals surface area contributed by atoms with E-state index in [-0.39, 0.29) is 30.7 Å². The number of rotatable bonds is 9. The second-order valence-corrected chi connectivity index (χ2v) is 9.76. The summed E-state index contributed by atoms with van der Waals surface area (Å²) < 4.78 is 30.6. The van der Waals surface area contributed by atoms with Crippen LogP contribution < -0.4 is 14.8 Å². The molecule has 2 aliphatic rings. The Morgan fingerprint density at radius 1 is 1.00 bits per heavy atom. The van der Waals surface area contributed by atoms with Crippen molar-refractivity contribution >= 4 is 17.9 Å². The van der Waals surface area contributed by atoms with E-state index in [1.807, 2.05) is 6.92 Å². The van der Waals surface area contributed by atoms with Gasteiger partial charge < -0.3 is 24.4 Å². The molecule has 1 fully saturated rings. The van der Waals surface area contributed by atoms with Gasteiger partial charge in [-0.3, -0.25) is 14.6 Å². The number of carbonyl (C=O) groups excluding carboxylic acids is 3. The Kier molecular flexibility index (Phi) is 9.82. The van der Waals surface area contributed by atoms with Gasteiger partial charge in [-0.15, -0.1) is 0 Å². The molecule has 41 heavy (non-hydrogen) atoms. The molecule has 2 aromatic carbocycles. The van der Waals surface area contributed by atoms with Crippen LogP contribution in [0.1, 0.15) is 42.2 Å². The van der Waals surface area contributed by atoms with E-state index < -0.39 is 17.8 Å². The summed E-state index contributed by atoms with van der Waals surface area (Å²) in [5.41, 5.74) is 1.52. The number of methoxy groups -OCH3 is 2. The van der Waals surface area contributed by atoms with Crippen LogP contribution in [0.5, 0.6) is 11.5 Å². The predicted octanol–water partition coefficient (Wildman–Crippen LogP) is 3.59. The number of hydrogen-bond acceptors (Lipinski definition) is 7. The van der Waals surface area contributed by atoms with Crippen molar-refractivity contribution < 1.29 is 33.0 Å². The molecule has 0 radical (unpaired) electrons. The fourth-order valence-electron chi connectivity index (χ4n) is 5.25. The van der Waals surface area contributed by atoms with Crippen LogP contribution in [0.25, 0.3) is 0 Å². The molecule has 1 saturated heterocycles. The van der Waals surface area contributed by atoms with Crippen molar-refractivity contribution in [3.63, 3.8) is 0 Å². The standard InChI is InChI=1S/C30H37FN4O6/c1-5-35-25(19-33-12-9-13-34(15-14-33)28(36)23-10-7-8-11-24(23)31)26(29(37)41-6-2)27(32-30(35)38)20-16-21(39-3)18-22(17-20)40-4/h7-8,10-11,16-18,27H,5-6,9,12-15,19H2,1-4H3,(H,32,38). The minimum atomic E-state index is -0.797. The summed E-state index contributed by atoms with van der Waals surface area (Å²) in [6, 6.07) is 10.1. The molecule has 0 saturated carbocycles. The third kappa shape index (κ3) is 6.62. The number of hydrogen-bond donors (Lipinski definition) is 1. The van der Waals surface area contributed by atoms with Gasteiger partial charge in [-0.1, -0.05) is 12.1 Å². The van der Waals surface area contributed by atoms with E-state index in [0.717, 1.165) is 0 Å². The molecule has 11 heteroatoms. The van der Waals surface area contributed by atoms with Crippen LogP contribution in [0.2, 0.25) is 0 Å². The summed E-state index contributed by atoms with van der Waals surface area (Å²) in [5.74, 6) is -0.392. The number of halogens is 1. The van der Waals surface area contributed by atoms with Gasteiger partial charge in [0.15, 0.2) is 0 Å². The molecule has 1 N–H and O–H groups in total. The Balaban J connectivity index is 1.67. The highest BCUT2D eigenvalue weighted by Crippen LogP contribution is 2.35. The minimum Gasteiger partial charge on any atom is -0.497 e. The topological polar surface area (TPSA) is 101 Å². The highest BCUT2D eigenvalue weighted by Gasteiger charge is 2.39. The van der Waals surface area contributed by atoms with Crippen LogP contribution in [-0.2, 0) is 9.53 Å². The van der Waals surface area contributed by atoms with Gasteiger partial charge in [0.05, 0.1) is 38.0 Å². The number of nitrogens with one attached hydrogen (secondary N) is 1. The zero-order valence-corrected chi connectivity index (χ0v) is 23.9. The van der Waals surface area contributed by atoms with Crippen LogP contribution >= 0.6 is 0 Å². The molecule has 2 aliphatic heterocycles. The van der Waals surface area contributed by atoms with E-state index in [9.17, 15) is 18.8 Å². The lowest BCUT2D eigenvalue weighted by molar-refractivity contribution is -0.139. The average molecular weight is 569 g/mol.